The largest absolute Gasteiger partial charge is 0.497 e. The lowest BCUT2D eigenvalue weighted by atomic mass is 9.85. The van der Waals surface area contributed by atoms with Gasteiger partial charge in [0.2, 0.25) is 0 Å². The number of hydrogen-bond donors (Lipinski definition) is 0. The second kappa shape index (κ2) is 7.15. The van der Waals surface area contributed by atoms with Crippen LogP contribution in [0.3, 0.4) is 0 Å². The predicted octanol–water partition coefficient (Wildman–Crippen LogP) is 2.97. The van der Waals surface area contributed by atoms with E-state index in [1.807, 2.05) is 24.3 Å². The van der Waals surface area contributed by atoms with Crippen molar-refractivity contribution in [1.29, 1.82) is 0 Å². The molecule has 2 heterocycles. The van der Waals surface area contributed by atoms with Crippen LogP contribution in [0.4, 0.5) is 4.79 Å². The van der Waals surface area contributed by atoms with Gasteiger partial charge in [0.1, 0.15) is 11.3 Å². The molecule has 3 amide bonds. The molecule has 0 saturated carbocycles. The number of ether oxygens (including phenoxy) is 1. The van der Waals surface area contributed by atoms with E-state index in [-0.39, 0.29) is 17.4 Å². The molecule has 6 heteroatoms. The molecular formula is C21H31N3O3. The second-order valence-corrected chi connectivity index (χ2v) is 8.95. The van der Waals surface area contributed by atoms with Crippen molar-refractivity contribution in [2.24, 2.45) is 5.41 Å². The molecular weight excluding hydrogens is 342 g/mol. The van der Waals surface area contributed by atoms with Gasteiger partial charge in [0.25, 0.3) is 5.91 Å². The Kier molecular flexibility index (Phi) is 5.21. The topological polar surface area (TPSA) is 53.1 Å². The van der Waals surface area contributed by atoms with Crippen molar-refractivity contribution in [3.63, 3.8) is 0 Å². The highest BCUT2D eigenvalue weighted by atomic mass is 16.5. The van der Waals surface area contributed by atoms with Gasteiger partial charge in [-0.05, 0) is 36.0 Å². The zero-order valence-corrected chi connectivity index (χ0v) is 17.1. The van der Waals surface area contributed by atoms with E-state index in [0.29, 0.717) is 19.4 Å². The Morgan fingerprint density at radius 3 is 2.19 bits per heavy atom. The van der Waals surface area contributed by atoms with Gasteiger partial charge in [-0.1, -0.05) is 32.9 Å². The number of carbonyl (C=O) groups excluding carboxylic acids is 2. The molecule has 27 heavy (non-hydrogen) atoms. The standard InChI is InChI=1S/C21H31N3O3/c1-20(2,3)15-23-12-10-21(11-13-23)18(25)24(19(26)22(21)4)14-16-6-8-17(27-5)9-7-16/h6-9H,10-15H2,1-5H3. The normalized spacial score (nSPS) is 20.6. The molecule has 2 fully saturated rings. The van der Waals surface area contributed by atoms with Gasteiger partial charge >= 0.3 is 6.03 Å². The number of piperidine rings is 1. The summed E-state index contributed by atoms with van der Waals surface area (Å²) >= 11 is 0. The summed E-state index contributed by atoms with van der Waals surface area (Å²) in [7, 11) is 3.39. The number of likely N-dealkylation sites (tertiary alicyclic amines) is 1. The van der Waals surface area contributed by atoms with Crippen molar-refractivity contribution in [3.8, 4) is 5.75 Å². The summed E-state index contributed by atoms with van der Waals surface area (Å²) < 4.78 is 5.17. The number of likely N-dealkylation sites (N-methyl/N-ethyl adjacent to an activating group) is 1. The smallest absolute Gasteiger partial charge is 0.327 e. The molecule has 0 N–H and O–H groups in total. The molecule has 0 aliphatic carbocycles. The molecule has 148 valence electrons. The lowest BCUT2D eigenvalue weighted by Crippen LogP contribution is -2.56. The van der Waals surface area contributed by atoms with E-state index in [2.05, 4.69) is 25.7 Å². The third-order valence-electron chi connectivity index (χ3n) is 5.68. The van der Waals surface area contributed by atoms with E-state index in [1.54, 1.807) is 19.1 Å². The van der Waals surface area contributed by atoms with E-state index in [9.17, 15) is 9.59 Å². The summed E-state index contributed by atoms with van der Waals surface area (Å²) in [5.41, 5.74) is 0.470. The molecule has 0 radical (unpaired) electrons. The van der Waals surface area contributed by atoms with Crippen molar-refractivity contribution >= 4 is 11.9 Å². The number of nitrogens with zero attached hydrogens (tertiary/aromatic N) is 3. The van der Waals surface area contributed by atoms with Gasteiger partial charge in [-0.3, -0.25) is 9.69 Å². The maximum Gasteiger partial charge on any atom is 0.327 e. The van der Waals surface area contributed by atoms with Gasteiger partial charge in [-0.25, -0.2) is 4.79 Å². The molecule has 1 spiro atoms. The number of rotatable bonds is 4. The quantitative estimate of drug-likeness (QED) is 0.762. The van der Waals surface area contributed by atoms with Gasteiger partial charge in [0, 0.05) is 26.7 Å². The number of carbonyl (C=O) groups is 2. The van der Waals surface area contributed by atoms with Gasteiger partial charge < -0.3 is 14.5 Å². The van der Waals surface area contributed by atoms with Gasteiger partial charge in [-0.15, -0.1) is 0 Å². The van der Waals surface area contributed by atoms with Crippen LogP contribution in [0.25, 0.3) is 0 Å². The van der Waals surface area contributed by atoms with Crippen molar-refractivity contribution < 1.29 is 14.3 Å². The summed E-state index contributed by atoms with van der Waals surface area (Å²) in [5.74, 6) is 0.707. The number of amides is 3. The Balaban J connectivity index is 1.71. The first-order chi connectivity index (χ1) is 12.7. The molecule has 2 saturated heterocycles. The Morgan fingerprint density at radius 1 is 1.07 bits per heavy atom. The lowest BCUT2D eigenvalue weighted by molar-refractivity contribution is -0.135. The Morgan fingerprint density at radius 2 is 1.67 bits per heavy atom. The SMILES string of the molecule is COc1ccc(CN2C(=O)N(C)C3(CCN(CC(C)(C)C)CC3)C2=O)cc1. The average molecular weight is 373 g/mol. The van der Waals surface area contributed by atoms with E-state index >= 15 is 0 Å². The molecule has 0 aromatic heterocycles. The zero-order chi connectivity index (χ0) is 19.8. The molecule has 0 unspecified atom stereocenters. The predicted molar refractivity (Wildman–Crippen MR) is 105 cm³/mol. The van der Waals surface area contributed by atoms with Crippen LogP contribution in [-0.4, -0.2) is 66.0 Å². The maximum absolute atomic E-state index is 13.2. The van der Waals surface area contributed by atoms with Crippen molar-refractivity contribution in [2.45, 2.75) is 45.7 Å². The Bertz CT molecular complexity index is 700. The third kappa shape index (κ3) is 3.81. The first kappa shape index (κ1) is 19.7. The van der Waals surface area contributed by atoms with Crippen LogP contribution in [0.15, 0.2) is 24.3 Å². The molecule has 6 nitrogen and oxygen atoms in total. The van der Waals surface area contributed by atoms with Crippen LogP contribution in [0.2, 0.25) is 0 Å². The van der Waals surface area contributed by atoms with E-state index in [4.69, 9.17) is 4.74 Å². The number of urea groups is 1. The summed E-state index contributed by atoms with van der Waals surface area (Å²) in [6.45, 7) is 9.68. The maximum atomic E-state index is 13.2. The fourth-order valence-corrected chi connectivity index (χ4v) is 4.20. The minimum Gasteiger partial charge on any atom is -0.497 e. The fraction of sp³-hybridized carbons (Fsp3) is 0.619. The Labute approximate surface area is 162 Å². The lowest BCUT2D eigenvalue weighted by Gasteiger charge is -2.42. The van der Waals surface area contributed by atoms with Crippen molar-refractivity contribution in [1.82, 2.24) is 14.7 Å². The monoisotopic (exact) mass is 373 g/mol. The zero-order valence-electron chi connectivity index (χ0n) is 17.1. The molecule has 1 aromatic carbocycles. The van der Waals surface area contributed by atoms with Crippen LogP contribution < -0.4 is 4.74 Å². The molecule has 2 aliphatic rings. The molecule has 2 aliphatic heterocycles. The van der Waals surface area contributed by atoms with Gasteiger partial charge in [0.15, 0.2) is 0 Å². The van der Waals surface area contributed by atoms with Crippen LogP contribution in [0.5, 0.6) is 5.75 Å². The van der Waals surface area contributed by atoms with Crippen LogP contribution in [-0.2, 0) is 11.3 Å². The third-order valence-corrected chi connectivity index (χ3v) is 5.68. The van der Waals surface area contributed by atoms with E-state index in [1.165, 1.54) is 4.90 Å². The van der Waals surface area contributed by atoms with Crippen LogP contribution in [0.1, 0.15) is 39.2 Å². The highest BCUT2D eigenvalue weighted by Gasteiger charge is 2.56. The molecule has 0 bridgehead atoms. The average Bonchev–Trinajstić information content (AvgIpc) is 2.79. The highest BCUT2D eigenvalue weighted by molar-refractivity contribution is 6.06. The highest BCUT2D eigenvalue weighted by Crippen LogP contribution is 2.37. The van der Waals surface area contributed by atoms with Gasteiger partial charge in [-0.2, -0.15) is 0 Å². The van der Waals surface area contributed by atoms with Crippen LogP contribution >= 0.6 is 0 Å². The first-order valence-electron chi connectivity index (χ1n) is 9.61. The van der Waals surface area contributed by atoms with Crippen molar-refractivity contribution in [3.05, 3.63) is 29.8 Å². The van der Waals surface area contributed by atoms with E-state index < -0.39 is 5.54 Å². The van der Waals surface area contributed by atoms with Crippen LogP contribution in [0, 0.1) is 5.41 Å². The summed E-state index contributed by atoms with van der Waals surface area (Å²) in [5, 5.41) is 0. The fourth-order valence-electron chi connectivity index (χ4n) is 4.20. The number of imide groups is 1. The number of methoxy groups -OCH3 is 1. The summed E-state index contributed by atoms with van der Waals surface area (Å²) in [6, 6.07) is 7.31. The summed E-state index contributed by atoms with van der Waals surface area (Å²) in [6.07, 6.45) is 1.40. The second-order valence-electron chi connectivity index (χ2n) is 8.95. The first-order valence-corrected chi connectivity index (χ1v) is 9.61. The summed E-state index contributed by atoms with van der Waals surface area (Å²) in [4.78, 5) is 31.5. The molecule has 0 atom stereocenters. The number of hydrogen-bond acceptors (Lipinski definition) is 4. The molecule has 3 rings (SSSR count). The van der Waals surface area contributed by atoms with Gasteiger partial charge in [0.05, 0.1) is 13.7 Å². The van der Waals surface area contributed by atoms with E-state index in [0.717, 1.165) is 30.9 Å². The minimum atomic E-state index is -0.683. The Hall–Kier alpha value is -2.08. The molecule has 1 aromatic rings. The van der Waals surface area contributed by atoms with Crippen molar-refractivity contribution in [2.75, 3.05) is 33.8 Å². The minimum absolute atomic E-state index is 0.0544. The number of benzene rings is 1.